The van der Waals surface area contributed by atoms with Crippen molar-refractivity contribution in [1.82, 2.24) is 14.8 Å². The Morgan fingerprint density at radius 1 is 1.10 bits per heavy atom. The molecule has 0 radical (unpaired) electrons. The van der Waals surface area contributed by atoms with Crippen LogP contribution in [0.25, 0.3) is 5.69 Å². The van der Waals surface area contributed by atoms with E-state index in [1.807, 2.05) is 54.1 Å². The van der Waals surface area contributed by atoms with Gasteiger partial charge in [0.2, 0.25) is 0 Å². The molecule has 2 heterocycles. The molecule has 2 aromatic heterocycles. The lowest BCUT2D eigenvalue weighted by Gasteiger charge is -2.08. The van der Waals surface area contributed by atoms with Crippen LogP contribution >= 0.6 is 11.8 Å². The molecule has 4 nitrogen and oxygen atoms in total. The number of aryl methyl sites for hydroxylation is 1. The molecule has 0 fully saturated rings. The minimum absolute atomic E-state index is 0.0217. The predicted molar refractivity (Wildman–Crippen MR) is 82.6 cm³/mol. The first kappa shape index (κ1) is 13.9. The highest BCUT2D eigenvalue weighted by Crippen LogP contribution is 2.33. The number of benzene rings is 1. The van der Waals surface area contributed by atoms with Crippen molar-refractivity contribution in [1.29, 1.82) is 0 Å². The fraction of sp³-hybridized carbons (Fsp3) is 0.125. The first-order chi connectivity index (χ1) is 10.3. The molecule has 3 aromatic rings. The zero-order valence-electron chi connectivity index (χ0n) is 11.6. The van der Waals surface area contributed by atoms with Crippen LogP contribution in [0, 0.1) is 6.92 Å². The fourth-order valence-corrected chi connectivity index (χ4v) is 3.14. The van der Waals surface area contributed by atoms with Gasteiger partial charge in [0, 0.05) is 22.9 Å². The SMILES string of the molecule is Cc1nn(-c2ccccc2)c(Sc2ccncc2)c1CO. The van der Waals surface area contributed by atoms with Crippen LogP contribution in [0.4, 0.5) is 0 Å². The van der Waals surface area contributed by atoms with E-state index in [4.69, 9.17) is 0 Å². The smallest absolute Gasteiger partial charge is 0.110 e. The summed E-state index contributed by atoms with van der Waals surface area (Å²) in [5.74, 6) is 0. The van der Waals surface area contributed by atoms with E-state index < -0.39 is 0 Å². The number of para-hydroxylation sites is 1. The molecule has 0 aliphatic carbocycles. The van der Waals surface area contributed by atoms with Gasteiger partial charge >= 0.3 is 0 Å². The first-order valence-corrected chi connectivity index (χ1v) is 7.44. The van der Waals surface area contributed by atoms with Gasteiger partial charge in [0.25, 0.3) is 0 Å². The molecule has 0 bridgehead atoms. The van der Waals surface area contributed by atoms with Crippen LogP contribution in [-0.2, 0) is 6.61 Å². The molecule has 0 aliphatic rings. The minimum Gasteiger partial charge on any atom is -0.392 e. The Labute approximate surface area is 127 Å². The predicted octanol–water partition coefficient (Wildman–Crippen LogP) is 3.22. The third-order valence-corrected chi connectivity index (χ3v) is 4.28. The Morgan fingerprint density at radius 3 is 2.48 bits per heavy atom. The summed E-state index contributed by atoms with van der Waals surface area (Å²) in [4.78, 5) is 5.10. The lowest BCUT2D eigenvalue weighted by atomic mass is 10.3. The Bertz CT molecular complexity index is 726. The molecule has 0 amide bonds. The molecular formula is C16H15N3OS. The number of hydrogen-bond acceptors (Lipinski definition) is 4. The Morgan fingerprint density at radius 2 is 1.81 bits per heavy atom. The highest BCUT2D eigenvalue weighted by Gasteiger charge is 2.16. The van der Waals surface area contributed by atoms with E-state index in [0.717, 1.165) is 26.9 Å². The van der Waals surface area contributed by atoms with Crippen LogP contribution in [0.2, 0.25) is 0 Å². The molecule has 21 heavy (non-hydrogen) atoms. The van der Waals surface area contributed by atoms with E-state index in [2.05, 4.69) is 10.1 Å². The standard InChI is InChI=1S/C16H15N3OS/c1-12-15(11-20)16(21-14-7-9-17-10-8-14)19(18-12)13-5-3-2-4-6-13/h2-10,20H,11H2,1H3. The summed E-state index contributed by atoms with van der Waals surface area (Å²) in [5, 5.41) is 15.2. The van der Waals surface area contributed by atoms with Crippen molar-refractivity contribution in [2.75, 3.05) is 0 Å². The number of pyridine rings is 1. The molecule has 0 aliphatic heterocycles. The monoisotopic (exact) mass is 297 g/mol. The molecule has 3 rings (SSSR count). The summed E-state index contributed by atoms with van der Waals surface area (Å²) >= 11 is 1.58. The molecular weight excluding hydrogens is 282 g/mol. The van der Waals surface area contributed by atoms with E-state index in [1.165, 1.54) is 0 Å². The van der Waals surface area contributed by atoms with E-state index in [0.29, 0.717) is 0 Å². The first-order valence-electron chi connectivity index (χ1n) is 6.62. The fourth-order valence-electron chi connectivity index (χ4n) is 2.09. The van der Waals surface area contributed by atoms with E-state index in [-0.39, 0.29) is 6.61 Å². The van der Waals surface area contributed by atoms with Gasteiger partial charge in [-0.3, -0.25) is 4.98 Å². The van der Waals surface area contributed by atoms with Crippen LogP contribution in [-0.4, -0.2) is 19.9 Å². The van der Waals surface area contributed by atoms with E-state index in [1.54, 1.807) is 24.2 Å². The Kier molecular flexibility index (Phi) is 4.03. The maximum Gasteiger partial charge on any atom is 0.110 e. The second-order valence-electron chi connectivity index (χ2n) is 4.56. The number of aliphatic hydroxyl groups is 1. The van der Waals surface area contributed by atoms with Crippen molar-refractivity contribution in [3.8, 4) is 5.69 Å². The van der Waals surface area contributed by atoms with Crippen LogP contribution in [0.3, 0.4) is 0 Å². The third-order valence-electron chi connectivity index (χ3n) is 3.16. The Hall–Kier alpha value is -2.11. The second kappa shape index (κ2) is 6.11. The quantitative estimate of drug-likeness (QED) is 0.803. The number of aromatic nitrogens is 3. The second-order valence-corrected chi connectivity index (χ2v) is 5.62. The molecule has 1 N–H and O–H groups in total. The van der Waals surface area contributed by atoms with E-state index >= 15 is 0 Å². The highest BCUT2D eigenvalue weighted by molar-refractivity contribution is 7.99. The molecule has 0 unspecified atom stereocenters. The van der Waals surface area contributed by atoms with Crippen LogP contribution in [0.15, 0.2) is 64.8 Å². The van der Waals surface area contributed by atoms with Crippen molar-refractivity contribution in [3.63, 3.8) is 0 Å². The topological polar surface area (TPSA) is 50.9 Å². The molecule has 0 spiro atoms. The molecule has 106 valence electrons. The van der Waals surface area contributed by atoms with Gasteiger partial charge < -0.3 is 5.11 Å². The summed E-state index contributed by atoms with van der Waals surface area (Å²) < 4.78 is 1.88. The van der Waals surface area contributed by atoms with Crippen LogP contribution < -0.4 is 0 Å². The zero-order chi connectivity index (χ0) is 14.7. The van der Waals surface area contributed by atoms with Gasteiger partial charge in [-0.1, -0.05) is 30.0 Å². The molecule has 1 aromatic carbocycles. The van der Waals surface area contributed by atoms with Gasteiger partial charge in [-0.05, 0) is 31.2 Å². The van der Waals surface area contributed by atoms with E-state index in [9.17, 15) is 5.11 Å². The van der Waals surface area contributed by atoms with Gasteiger partial charge in [-0.25, -0.2) is 4.68 Å². The minimum atomic E-state index is -0.0217. The van der Waals surface area contributed by atoms with Gasteiger partial charge in [0.1, 0.15) is 5.03 Å². The average Bonchev–Trinajstić information content (AvgIpc) is 2.85. The maximum absolute atomic E-state index is 9.66. The number of rotatable bonds is 4. The summed E-state index contributed by atoms with van der Waals surface area (Å²) in [7, 11) is 0. The normalized spacial score (nSPS) is 10.8. The number of aliphatic hydroxyl groups excluding tert-OH is 1. The maximum atomic E-state index is 9.66. The van der Waals surface area contributed by atoms with Crippen LogP contribution in [0.5, 0.6) is 0 Å². The Balaban J connectivity index is 2.09. The molecule has 0 saturated heterocycles. The lowest BCUT2D eigenvalue weighted by Crippen LogP contribution is -1.98. The van der Waals surface area contributed by atoms with Crippen molar-refractivity contribution in [3.05, 3.63) is 66.1 Å². The summed E-state index contributed by atoms with van der Waals surface area (Å²) in [6, 6.07) is 13.8. The molecule has 0 saturated carbocycles. The van der Waals surface area contributed by atoms with Gasteiger partial charge in [-0.2, -0.15) is 5.10 Å². The van der Waals surface area contributed by atoms with Gasteiger partial charge in [0.15, 0.2) is 0 Å². The number of nitrogens with zero attached hydrogens (tertiary/aromatic N) is 3. The van der Waals surface area contributed by atoms with Gasteiger partial charge in [-0.15, -0.1) is 0 Å². The summed E-state index contributed by atoms with van der Waals surface area (Å²) in [6.07, 6.45) is 3.52. The van der Waals surface area contributed by atoms with Gasteiger partial charge in [0.05, 0.1) is 18.0 Å². The van der Waals surface area contributed by atoms with Crippen molar-refractivity contribution < 1.29 is 5.11 Å². The molecule has 0 atom stereocenters. The molecule has 5 heteroatoms. The number of hydrogen-bond donors (Lipinski definition) is 1. The van der Waals surface area contributed by atoms with Crippen molar-refractivity contribution >= 4 is 11.8 Å². The zero-order valence-corrected chi connectivity index (χ0v) is 12.4. The highest BCUT2D eigenvalue weighted by atomic mass is 32.2. The third kappa shape index (κ3) is 2.84. The van der Waals surface area contributed by atoms with Crippen LogP contribution in [0.1, 0.15) is 11.3 Å². The summed E-state index contributed by atoms with van der Waals surface area (Å²) in [5.41, 5.74) is 2.69. The lowest BCUT2D eigenvalue weighted by molar-refractivity contribution is 0.278. The largest absolute Gasteiger partial charge is 0.392 e. The van der Waals surface area contributed by atoms with Crippen molar-refractivity contribution in [2.45, 2.75) is 23.5 Å². The average molecular weight is 297 g/mol. The summed E-state index contributed by atoms with van der Waals surface area (Å²) in [6.45, 7) is 1.90. The van der Waals surface area contributed by atoms with Crippen molar-refractivity contribution in [2.24, 2.45) is 0 Å².